The molecule has 2 heterocycles. The number of aryl methyl sites for hydroxylation is 1. The van der Waals surface area contributed by atoms with Gasteiger partial charge in [-0.1, -0.05) is 126 Å². The zero-order valence-electron chi connectivity index (χ0n) is 22.9. The van der Waals surface area contributed by atoms with E-state index in [0.717, 1.165) is 0 Å². The van der Waals surface area contributed by atoms with Gasteiger partial charge >= 0.3 is 0 Å². The molecule has 0 unspecified atom stereocenters. The van der Waals surface area contributed by atoms with Crippen LogP contribution in [0.3, 0.4) is 0 Å². The van der Waals surface area contributed by atoms with Crippen molar-refractivity contribution in [3.8, 4) is 0 Å². The minimum absolute atomic E-state index is 1.23. The first-order valence-electron chi connectivity index (χ1n) is 15.0. The van der Waals surface area contributed by atoms with Crippen LogP contribution in [0.25, 0.3) is 52.5 Å². The van der Waals surface area contributed by atoms with E-state index in [1.807, 2.05) is 22.7 Å². The molecule has 0 nitrogen and oxygen atoms in total. The van der Waals surface area contributed by atoms with Gasteiger partial charge in [0.15, 0.2) is 0 Å². The highest BCUT2D eigenvalue weighted by Gasteiger charge is 2.11. The summed E-state index contributed by atoms with van der Waals surface area (Å²) in [5.74, 6) is 0. The van der Waals surface area contributed by atoms with Gasteiger partial charge in [0.05, 0.1) is 0 Å². The second kappa shape index (κ2) is 12.2. The Morgan fingerprint density at radius 3 is 1.63 bits per heavy atom. The van der Waals surface area contributed by atoms with Crippen LogP contribution in [-0.2, 0) is 6.42 Å². The second-order valence-electron chi connectivity index (χ2n) is 11.2. The Labute approximate surface area is 235 Å². The first-order valence-corrected chi connectivity index (χ1v) is 16.7. The third-order valence-electron chi connectivity index (χ3n) is 8.42. The Morgan fingerprint density at radius 2 is 0.974 bits per heavy atom. The van der Waals surface area contributed by atoms with Crippen LogP contribution in [0.2, 0.25) is 0 Å². The van der Waals surface area contributed by atoms with Gasteiger partial charge in [0.2, 0.25) is 0 Å². The van der Waals surface area contributed by atoms with Gasteiger partial charge in [-0.25, -0.2) is 0 Å². The quantitative estimate of drug-likeness (QED) is 0.102. The van der Waals surface area contributed by atoms with E-state index in [2.05, 4.69) is 73.0 Å². The standard InChI is InChI=1S/C36H40S2/c1-2-3-4-5-6-7-8-9-10-11-12-13-14-28-25-27-16-18-32-30-19-21-33-31(17-15-26-23-24-37-35(26)33)29(30)20-22-34(32)36(27)38-28/h15-25H,2-14H2,1H3. The van der Waals surface area contributed by atoms with Gasteiger partial charge in [0, 0.05) is 25.0 Å². The van der Waals surface area contributed by atoms with Gasteiger partial charge in [-0.05, 0) is 62.7 Å². The molecule has 2 aromatic heterocycles. The predicted octanol–water partition coefficient (Wildman–Crippen LogP) is 12.8. The third-order valence-corrected chi connectivity index (χ3v) is 10.6. The normalized spacial score (nSPS) is 12.1. The Kier molecular flexibility index (Phi) is 8.28. The van der Waals surface area contributed by atoms with Crippen LogP contribution in [0.5, 0.6) is 0 Å². The van der Waals surface area contributed by atoms with Crippen molar-refractivity contribution < 1.29 is 0 Å². The molecule has 0 spiro atoms. The maximum absolute atomic E-state index is 2.45. The molecule has 4 aromatic carbocycles. The van der Waals surface area contributed by atoms with Crippen molar-refractivity contribution in [2.24, 2.45) is 0 Å². The zero-order chi connectivity index (χ0) is 25.7. The fraction of sp³-hybridized carbons (Fsp3) is 0.389. The van der Waals surface area contributed by atoms with E-state index in [1.54, 1.807) is 4.88 Å². The summed E-state index contributed by atoms with van der Waals surface area (Å²) >= 11 is 3.88. The van der Waals surface area contributed by atoms with Crippen LogP contribution >= 0.6 is 22.7 Å². The summed E-state index contributed by atoms with van der Waals surface area (Å²) in [6.45, 7) is 2.30. The summed E-state index contributed by atoms with van der Waals surface area (Å²) in [5.41, 5.74) is 0. The van der Waals surface area contributed by atoms with E-state index in [4.69, 9.17) is 0 Å². The van der Waals surface area contributed by atoms with E-state index in [1.165, 1.54) is 136 Å². The average Bonchev–Trinajstić information content (AvgIpc) is 3.60. The fourth-order valence-electron chi connectivity index (χ4n) is 6.28. The zero-order valence-corrected chi connectivity index (χ0v) is 24.5. The SMILES string of the molecule is CCCCCCCCCCCCCCc1cc2ccc3c4ccc5c(ccc6ccsc65)c4ccc3c2s1. The van der Waals surface area contributed by atoms with Gasteiger partial charge in [-0.3, -0.25) is 0 Å². The molecule has 0 saturated heterocycles. The van der Waals surface area contributed by atoms with Crippen LogP contribution in [0, 0.1) is 0 Å². The minimum Gasteiger partial charge on any atom is -0.143 e. The summed E-state index contributed by atoms with van der Waals surface area (Å²) < 4.78 is 2.87. The van der Waals surface area contributed by atoms with Gasteiger partial charge in [-0.15, -0.1) is 22.7 Å². The van der Waals surface area contributed by atoms with Crippen LogP contribution in [0.1, 0.15) is 88.9 Å². The van der Waals surface area contributed by atoms with Crippen molar-refractivity contribution in [1.82, 2.24) is 0 Å². The molecule has 6 rings (SSSR count). The number of fused-ring (bicyclic) bond motifs is 9. The van der Waals surface area contributed by atoms with Gasteiger partial charge in [0.25, 0.3) is 0 Å². The molecule has 2 heteroatoms. The van der Waals surface area contributed by atoms with E-state index in [9.17, 15) is 0 Å². The van der Waals surface area contributed by atoms with Crippen molar-refractivity contribution in [2.45, 2.75) is 90.4 Å². The first kappa shape index (κ1) is 25.8. The fourth-order valence-corrected chi connectivity index (χ4v) is 8.43. The molecule has 6 aromatic rings. The molecule has 0 N–H and O–H groups in total. The Balaban J connectivity index is 1.10. The van der Waals surface area contributed by atoms with Gasteiger partial charge < -0.3 is 0 Å². The van der Waals surface area contributed by atoms with E-state index >= 15 is 0 Å². The number of unbranched alkanes of at least 4 members (excludes halogenated alkanes) is 11. The highest BCUT2D eigenvalue weighted by Crippen LogP contribution is 2.40. The number of hydrogen-bond acceptors (Lipinski definition) is 2. The van der Waals surface area contributed by atoms with Crippen molar-refractivity contribution in [3.63, 3.8) is 0 Å². The average molecular weight is 537 g/mol. The number of rotatable bonds is 13. The largest absolute Gasteiger partial charge is 0.143 e. The highest BCUT2D eigenvalue weighted by atomic mass is 32.1. The van der Waals surface area contributed by atoms with Gasteiger partial charge in [0.1, 0.15) is 0 Å². The molecule has 0 aliphatic heterocycles. The van der Waals surface area contributed by atoms with Crippen molar-refractivity contribution >= 4 is 75.2 Å². The molecule has 0 amide bonds. The van der Waals surface area contributed by atoms with Crippen LogP contribution in [0.15, 0.2) is 66.0 Å². The van der Waals surface area contributed by atoms with Crippen molar-refractivity contribution in [3.05, 3.63) is 70.9 Å². The molecule has 0 bridgehead atoms. The van der Waals surface area contributed by atoms with E-state index in [0.29, 0.717) is 0 Å². The molecule has 0 aliphatic carbocycles. The number of benzene rings is 4. The van der Waals surface area contributed by atoms with Crippen molar-refractivity contribution in [1.29, 1.82) is 0 Å². The lowest BCUT2D eigenvalue weighted by molar-refractivity contribution is 0.544. The summed E-state index contributed by atoms with van der Waals surface area (Å²) in [5, 5.41) is 13.3. The molecule has 0 saturated carbocycles. The lowest BCUT2D eigenvalue weighted by Gasteiger charge is -2.09. The molecular formula is C36H40S2. The molecular weight excluding hydrogens is 497 g/mol. The van der Waals surface area contributed by atoms with Crippen molar-refractivity contribution in [2.75, 3.05) is 0 Å². The lowest BCUT2D eigenvalue weighted by atomic mass is 9.96. The lowest BCUT2D eigenvalue weighted by Crippen LogP contribution is -1.84. The summed E-state index contributed by atoms with van der Waals surface area (Å²) in [7, 11) is 0. The predicted molar refractivity (Wildman–Crippen MR) is 175 cm³/mol. The highest BCUT2D eigenvalue weighted by molar-refractivity contribution is 7.20. The molecule has 0 atom stereocenters. The second-order valence-corrected chi connectivity index (χ2v) is 13.2. The van der Waals surface area contributed by atoms with Crippen LogP contribution < -0.4 is 0 Å². The first-order chi connectivity index (χ1) is 18.8. The molecule has 0 radical (unpaired) electrons. The maximum Gasteiger partial charge on any atom is 0.0424 e. The molecule has 0 fully saturated rings. The summed E-state index contributed by atoms with van der Waals surface area (Å²) in [4.78, 5) is 1.55. The topological polar surface area (TPSA) is 0 Å². The Bertz CT molecular complexity index is 1670. The summed E-state index contributed by atoms with van der Waals surface area (Å²) in [6.07, 6.45) is 18.2. The number of hydrogen-bond donors (Lipinski definition) is 0. The third kappa shape index (κ3) is 5.36. The van der Waals surface area contributed by atoms with Crippen LogP contribution in [0.4, 0.5) is 0 Å². The monoisotopic (exact) mass is 536 g/mol. The maximum atomic E-state index is 2.45. The molecule has 0 aliphatic rings. The molecule has 196 valence electrons. The van der Waals surface area contributed by atoms with Crippen LogP contribution in [-0.4, -0.2) is 0 Å². The Morgan fingerprint density at radius 1 is 0.474 bits per heavy atom. The molecule has 38 heavy (non-hydrogen) atoms. The van der Waals surface area contributed by atoms with Gasteiger partial charge in [-0.2, -0.15) is 0 Å². The Hall–Kier alpha value is -2.42. The summed E-state index contributed by atoms with van der Waals surface area (Å²) in [6, 6.07) is 23.4. The smallest absolute Gasteiger partial charge is 0.0424 e. The van der Waals surface area contributed by atoms with E-state index in [-0.39, 0.29) is 0 Å². The number of thiophene rings is 2. The van der Waals surface area contributed by atoms with E-state index < -0.39 is 0 Å². The minimum atomic E-state index is 1.23.